The maximum atomic E-state index is 8.88. The monoisotopic (exact) mass is 357 g/mol. The predicted molar refractivity (Wildman–Crippen MR) is 99.1 cm³/mol. The number of morpholine rings is 1. The first-order valence-corrected chi connectivity index (χ1v) is 9.17. The summed E-state index contributed by atoms with van der Waals surface area (Å²) in [4.78, 5) is 10.9. The van der Waals surface area contributed by atoms with Gasteiger partial charge in [0.2, 0.25) is 0 Å². The first-order chi connectivity index (χ1) is 12.7. The molecule has 2 heterocycles. The van der Waals surface area contributed by atoms with Crippen molar-refractivity contribution in [2.24, 2.45) is 0 Å². The fraction of sp³-hybridized carbons (Fsp3) is 0.500. The maximum absolute atomic E-state index is 8.88. The van der Waals surface area contributed by atoms with Gasteiger partial charge in [-0.05, 0) is 43.5 Å². The standard InChI is InChI=1S/C20H27N3O3/c1-16-11-18(22-15-21-16)5-6-20-14-23(7-9-25-20)13-17-3-2-4-19(12-17)26-10-8-24/h2-4,11-12,15,20,24H,5-10,13-14H2,1H3/t20-/m1/s1. The minimum absolute atomic E-state index is 0.0290. The van der Waals surface area contributed by atoms with Crippen LogP contribution in [-0.4, -0.2) is 59.0 Å². The number of aryl methyl sites for hydroxylation is 2. The maximum Gasteiger partial charge on any atom is 0.119 e. The van der Waals surface area contributed by atoms with Gasteiger partial charge in [-0.1, -0.05) is 12.1 Å². The number of ether oxygens (including phenoxy) is 2. The summed E-state index contributed by atoms with van der Waals surface area (Å²) in [5.41, 5.74) is 3.30. The third-order valence-electron chi connectivity index (χ3n) is 4.47. The molecule has 0 unspecified atom stereocenters. The van der Waals surface area contributed by atoms with Crippen molar-refractivity contribution in [3.63, 3.8) is 0 Å². The topological polar surface area (TPSA) is 67.7 Å². The highest BCUT2D eigenvalue weighted by molar-refractivity contribution is 5.28. The number of aliphatic hydroxyl groups is 1. The van der Waals surface area contributed by atoms with Crippen LogP contribution in [0.1, 0.15) is 23.4 Å². The van der Waals surface area contributed by atoms with Crippen molar-refractivity contribution in [3.8, 4) is 5.75 Å². The lowest BCUT2D eigenvalue weighted by molar-refractivity contribution is -0.0346. The number of nitrogens with zero attached hydrogens (tertiary/aromatic N) is 3. The minimum atomic E-state index is 0.0290. The van der Waals surface area contributed by atoms with Crippen molar-refractivity contribution in [1.82, 2.24) is 14.9 Å². The largest absolute Gasteiger partial charge is 0.491 e. The van der Waals surface area contributed by atoms with E-state index in [1.54, 1.807) is 6.33 Å². The van der Waals surface area contributed by atoms with Crippen LogP contribution < -0.4 is 4.74 Å². The minimum Gasteiger partial charge on any atom is -0.491 e. The van der Waals surface area contributed by atoms with Crippen LogP contribution in [0.3, 0.4) is 0 Å². The molecule has 2 aromatic rings. The zero-order valence-corrected chi connectivity index (χ0v) is 15.3. The lowest BCUT2D eigenvalue weighted by Crippen LogP contribution is -2.42. The summed E-state index contributed by atoms with van der Waals surface area (Å²) < 4.78 is 11.4. The molecule has 1 aliphatic heterocycles. The van der Waals surface area contributed by atoms with Gasteiger partial charge in [-0.3, -0.25) is 4.90 Å². The first-order valence-electron chi connectivity index (χ1n) is 9.17. The number of rotatable bonds is 8. The van der Waals surface area contributed by atoms with Crippen molar-refractivity contribution in [2.75, 3.05) is 32.9 Å². The lowest BCUT2D eigenvalue weighted by Gasteiger charge is -2.33. The summed E-state index contributed by atoms with van der Waals surface area (Å²) in [6.45, 7) is 5.84. The summed E-state index contributed by atoms with van der Waals surface area (Å²) in [5.74, 6) is 0.806. The highest BCUT2D eigenvalue weighted by atomic mass is 16.5. The van der Waals surface area contributed by atoms with E-state index < -0.39 is 0 Å². The zero-order chi connectivity index (χ0) is 18.2. The third-order valence-corrected chi connectivity index (χ3v) is 4.47. The molecular formula is C20H27N3O3. The van der Waals surface area contributed by atoms with Gasteiger partial charge in [-0.25, -0.2) is 9.97 Å². The Bertz CT molecular complexity index is 696. The molecule has 1 saturated heterocycles. The summed E-state index contributed by atoms with van der Waals surface area (Å²) >= 11 is 0. The molecule has 1 atom stereocenters. The molecule has 1 aromatic heterocycles. The van der Waals surface area contributed by atoms with E-state index in [-0.39, 0.29) is 12.7 Å². The predicted octanol–water partition coefficient (Wildman–Crippen LogP) is 1.99. The number of aromatic nitrogens is 2. The fourth-order valence-electron chi connectivity index (χ4n) is 3.21. The molecule has 3 rings (SSSR count). The number of benzene rings is 1. The Balaban J connectivity index is 1.50. The Morgan fingerprint density at radius 3 is 3.08 bits per heavy atom. The molecule has 0 amide bonds. The smallest absolute Gasteiger partial charge is 0.119 e. The molecule has 26 heavy (non-hydrogen) atoms. The second-order valence-electron chi connectivity index (χ2n) is 6.64. The van der Waals surface area contributed by atoms with Gasteiger partial charge in [-0.15, -0.1) is 0 Å². The molecule has 0 saturated carbocycles. The third kappa shape index (κ3) is 5.76. The van der Waals surface area contributed by atoms with Crippen LogP contribution in [-0.2, 0) is 17.7 Å². The highest BCUT2D eigenvalue weighted by Crippen LogP contribution is 2.18. The number of hydrogen-bond donors (Lipinski definition) is 1. The van der Waals surface area contributed by atoms with Gasteiger partial charge in [0.1, 0.15) is 18.7 Å². The van der Waals surface area contributed by atoms with Crippen molar-refractivity contribution in [2.45, 2.75) is 32.4 Å². The van der Waals surface area contributed by atoms with Gasteiger partial charge in [-0.2, -0.15) is 0 Å². The fourth-order valence-corrected chi connectivity index (χ4v) is 3.21. The number of hydrogen-bond acceptors (Lipinski definition) is 6. The van der Waals surface area contributed by atoms with Gasteiger partial charge < -0.3 is 14.6 Å². The molecule has 6 heteroatoms. The SMILES string of the molecule is Cc1cc(CC[C@@H]2CN(Cc3cccc(OCCO)c3)CCO2)ncn1. The van der Waals surface area contributed by atoms with Crippen LogP contribution in [0.4, 0.5) is 0 Å². The quantitative estimate of drug-likeness (QED) is 0.779. The van der Waals surface area contributed by atoms with Crippen LogP contribution in [0.25, 0.3) is 0 Å². The van der Waals surface area contributed by atoms with Crippen LogP contribution in [0.15, 0.2) is 36.7 Å². The van der Waals surface area contributed by atoms with E-state index in [1.807, 2.05) is 31.2 Å². The molecule has 0 bridgehead atoms. The van der Waals surface area contributed by atoms with Crippen LogP contribution >= 0.6 is 0 Å². The van der Waals surface area contributed by atoms with Crippen LogP contribution in [0.5, 0.6) is 5.75 Å². The highest BCUT2D eigenvalue weighted by Gasteiger charge is 2.20. The summed E-state index contributed by atoms with van der Waals surface area (Å²) in [7, 11) is 0. The molecule has 6 nitrogen and oxygen atoms in total. The summed E-state index contributed by atoms with van der Waals surface area (Å²) in [5, 5.41) is 8.88. The van der Waals surface area contributed by atoms with E-state index in [0.29, 0.717) is 6.61 Å². The number of aliphatic hydroxyl groups excluding tert-OH is 1. The second-order valence-corrected chi connectivity index (χ2v) is 6.64. The average Bonchev–Trinajstić information content (AvgIpc) is 2.65. The van der Waals surface area contributed by atoms with Crippen LogP contribution in [0.2, 0.25) is 0 Å². The molecular weight excluding hydrogens is 330 g/mol. The second kappa shape index (κ2) is 9.62. The Morgan fingerprint density at radius 2 is 2.23 bits per heavy atom. The van der Waals surface area contributed by atoms with Crippen molar-refractivity contribution in [3.05, 3.63) is 53.6 Å². The van der Waals surface area contributed by atoms with Gasteiger partial charge in [0.05, 0.1) is 19.3 Å². The lowest BCUT2D eigenvalue weighted by atomic mass is 10.1. The Hall–Kier alpha value is -2.02. The molecule has 0 spiro atoms. The Labute approximate surface area is 154 Å². The van der Waals surface area contributed by atoms with Crippen molar-refractivity contribution >= 4 is 0 Å². The van der Waals surface area contributed by atoms with E-state index in [4.69, 9.17) is 14.6 Å². The molecule has 140 valence electrons. The molecule has 0 aliphatic carbocycles. The van der Waals surface area contributed by atoms with E-state index in [1.165, 1.54) is 5.56 Å². The van der Waals surface area contributed by atoms with Gasteiger partial charge >= 0.3 is 0 Å². The molecule has 0 radical (unpaired) electrons. The van der Waals surface area contributed by atoms with Gasteiger partial charge in [0.25, 0.3) is 0 Å². The van der Waals surface area contributed by atoms with Gasteiger partial charge in [0.15, 0.2) is 0 Å². The van der Waals surface area contributed by atoms with E-state index >= 15 is 0 Å². The van der Waals surface area contributed by atoms with Crippen LogP contribution in [0, 0.1) is 6.92 Å². The molecule has 1 N–H and O–H groups in total. The normalized spacial score (nSPS) is 18.0. The zero-order valence-electron chi connectivity index (χ0n) is 15.3. The Kier molecular flexibility index (Phi) is 6.94. The molecule has 1 aromatic carbocycles. The molecule has 1 fully saturated rings. The summed E-state index contributed by atoms with van der Waals surface area (Å²) in [6.07, 6.45) is 3.73. The van der Waals surface area contributed by atoms with E-state index in [0.717, 1.165) is 56.2 Å². The van der Waals surface area contributed by atoms with E-state index in [2.05, 4.69) is 20.9 Å². The molecule has 1 aliphatic rings. The van der Waals surface area contributed by atoms with E-state index in [9.17, 15) is 0 Å². The van der Waals surface area contributed by atoms with Crippen molar-refractivity contribution < 1.29 is 14.6 Å². The van der Waals surface area contributed by atoms with Gasteiger partial charge in [0, 0.05) is 31.0 Å². The Morgan fingerprint density at radius 1 is 1.31 bits per heavy atom. The average molecular weight is 357 g/mol. The summed E-state index contributed by atoms with van der Waals surface area (Å²) in [6, 6.07) is 10.1. The first kappa shape index (κ1) is 18.8. The van der Waals surface area contributed by atoms with Crippen molar-refractivity contribution in [1.29, 1.82) is 0 Å².